The van der Waals surface area contributed by atoms with Crippen LogP contribution in [0.3, 0.4) is 0 Å². The highest BCUT2D eigenvalue weighted by atomic mass is 35.5. The van der Waals surface area contributed by atoms with Gasteiger partial charge in [0.1, 0.15) is 22.9 Å². The van der Waals surface area contributed by atoms with Gasteiger partial charge in [-0.15, -0.1) is 11.6 Å². The summed E-state index contributed by atoms with van der Waals surface area (Å²) in [4.78, 5) is 36.7. The van der Waals surface area contributed by atoms with Crippen LogP contribution in [0.25, 0.3) is 21.8 Å². The van der Waals surface area contributed by atoms with Crippen LogP contribution in [0, 0.1) is 5.92 Å². The van der Waals surface area contributed by atoms with Crippen LogP contribution in [0.15, 0.2) is 36.4 Å². The van der Waals surface area contributed by atoms with E-state index in [2.05, 4.69) is 23.8 Å². The molecular weight excluding hydrogens is 532 g/mol. The highest BCUT2D eigenvalue weighted by Gasteiger charge is 2.36. The topological polar surface area (TPSA) is 111 Å². The van der Waals surface area contributed by atoms with E-state index in [1.165, 1.54) is 0 Å². The van der Waals surface area contributed by atoms with Crippen molar-refractivity contribution < 1.29 is 24.2 Å². The molecule has 3 N–H and O–H groups in total. The Morgan fingerprint density at radius 1 is 1.10 bits per heavy atom. The van der Waals surface area contributed by atoms with Crippen LogP contribution in [0.2, 0.25) is 0 Å². The first-order valence-electron chi connectivity index (χ1n) is 13.7. The number of aromatic nitrogens is 2. The van der Waals surface area contributed by atoms with Gasteiger partial charge in [-0.25, -0.2) is 0 Å². The third kappa shape index (κ3) is 4.77. The average molecular weight is 565 g/mol. The Morgan fingerprint density at radius 3 is 2.62 bits per heavy atom. The molecular formula is C30H33ClN4O5. The second-order valence-electron chi connectivity index (χ2n) is 10.9. The minimum atomic E-state index is -0.216. The van der Waals surface area contributed by atoms with Crippen LogP contribution in [-0.2, 0) is 4.74 Å². The number of nitrogens with one attached hydrogen (secondary N) is 2. The molecule has 0 saturated carbocycles. The Morgan fingerprint density at radius 2 is 1.88 bits per heavy atom. The van der Waals surface area contributed by atoms with Crippen molar-refractivity contribution in [2.45, 2.75) is 26.2 Å². The maximum absolute atomic E-state index is 13.8. The molecule has 0 aliphatic carbocycles. The molecule has 1 fully saturated rings. The van der Waals surface area contributed by atoms with Crippen molar-refractivity contribution in [2.75, 3.05) is 50.2 Å². The second-order valence-corrected chi connectivity index (χ2v) is 11.2. The molecule has 6 rings (SSSR count). The fourth-order valence-electron chi connectivity index (χ4n) is 5.59. The molecule has 2 aliphatic heterocycles. The lowest BCUT2D eigenvalue weighted by atomic mass is 9.98. The third-order valence-electron chi connectivity index (χ3n) is 7.76. The molecule has 1 atom stereocenters. The van der Waals surface area contributed by atoms with E-state index in [1.54, 1.807) is 21.9 Å². The fraction of sp³-hybridized carbons (Fsp3) is 0.400. The van der Waals surface area contributed by atoms with E-state index in [0.717, 1.165) is 28.6 Å². The Balaban J connectivity index is 1.31. The normalized spacial score (nSPS) is 17.2. The number of hydrogen-bond donors (Lipinski definition) is 3. The molecule has 0 bridgehead atoms. The highest BCUT2D eigenvalue weighted by Crippen LogP contribution is 2.46. The van der Waals surface area contributed by atoms with E-state index < -0.39 is 0 Å². The van der Waals surface area contributed by atoms with Crippen LogP contribution in [0.4, 0.5) is 5.69 Å². The SMILES string of the molecule is CC(C)CCOc1ccc2[nH]c(C(=O)N3C[C@@H](CCl)c4c3cc(O)c3[nH]c(C(=O)N5CCOCC5)cc43)cc2c1. The van der Waals surface area contributed by atoms with Crippen molar-refractivity contribution in [1.82, 2.24) is 14.9 Å². The summed E-state index contributed by atoms with van der Waals surface area (Å²) >= 11 is 6.40. The number of fused-ring (bicyclic) bond motifs is 4. The van der Waals surface area contributed by atoms with Crippen molar-refractivity contribution >= 4 is 50.9 Å². The number of alkyl halides is 1. The number of halogens is 1. The van der Waals surface area contributed by atoms with Gasteiger partial charge < -0.3 is 34.3 Å². The van der Waals surface area contributed by atoms with E-state index in [4.69, 9.17) is 21.1 Å². The summed E-state index contributed by atoms with van der Waals surface area (Å²) in [7, 11) is 0. The number of H-pyrrole nitrogens is 2. The number of amides is 2. The Labute approximate surface area is 237 Å². The minimum Gasteiger partial charge on any atom is -0.506 e. The summed E-state index contributed by atoms with van der Waals surface area (Å²) in [6, 6.07) is 10.9. The number of carbonyl (C=O) groups excluding carboxylic acids is 2. The summed E-state index contributed by atoms with van der Waals surface area (Å²) in [5, 5.41) is 12.5. The van der Waals surface area contributed by atoms with Gasteiger partial charge in [0.15, 0.2) is 0 Å². The molecule has 40 heavy (non-hydrogen) atoms. The molecule has 9 nitrogen and oxygen atoms in total. The van der Waals surface area contributed by atoms with Gasteiger partial charge in [-0.05, 0) is 48.2 Å². The predicted octanol–water partition coefficient (Wildman–Crippen LogP) is 5.23. The lowest BCUT2D eigenvalue weighted by Gasteiger charge is -2.26. The van der Waals surface area contributed by atoms with Crippen LogP contribution in [0.1, 0.15) is 52.7 Å². The molecule has 4 heterocycles. The zero-order chi connectivity index (χ0) is 28.0. The van der Waals surface area contributed by atoms with Crippen molar-refractivity contribution in [3.63, 3.8) is 0 Å². The minimum absolute atomic E-state index is 0.0253. The number of aromatic amines is 2. The number of phenols is 1. The predicted molar refractivity (Wildman–Crippen MR) is 155 cm³/mol. The molecule has 1 saturated heterocycles. The van der Waals surface area contributed by atoms with Crippen molar-refractivity contribution in [3.05, 3.63) is 53.3 Å². The van der Waals surface area contributed by atoms with Gasteiger partial charge >= 0.3 is 0 Å². The summed E-state index contributed by atoms with van der Waals surface area (Å²) in [6.07, 6.45) is 0.967. The number of aromatic hydroxyl groups is 1. The van der Waals surface area contributed by atoms with Crippen LogP contribution < -0.4 is 9.64 Å². The van der Waals surface area contributed by atoms with E-state index in [-0.39, 0.29) is 23.5 Å². The van der Waals surface area contributed by atoms with Gasteiger partial charge in [-0.2, -0.15) is 0 Å². The molecule has 2 aromatic carbocycles. The second kappa shape index (κ2) is 10.7. The molecule has 0 radical (unpaired) electrons. The standard InChI is InChI=1S/C30H33ClN4O5/c1-17(2)5-8-40-20-3-4-22-18(11-20)12-23(32-22)30(38)35-16-19(15-31)27-21-13-24(29(37)34-6-9-39-10-7-34)33-28(21)26(36)14-25(27)35/h3-4,11-14,17,19,32-33,36H,5-10,15-16H2,1-2H3/t19-/m1/s1. The maximum Gasteiger partial charge on any atom is 0.274 e. The van der Waals surface area contributed by atoms with Gasteiger partial charge in [-0.3, -0.25) is 9.59 Å². The largest absolute Gasteiger partial charge is 0.506 e. The summed E-state index contributed by atoms with van der Waals surface area (Å²) < 4.78 is 11.3. The first kappa shape index (κ1) is 26.5. The number of nitrogens with zero attached hydrogens (tertiary/aromatic N) is 2. The third-order valence-corrected chi connectivity index (χ3v) is 8.13. The van der Waals surface area contributed by atoms with Gasteiger partial charge in [0, 0.05) is 53.8 Å². The number of morpholine rings is 1. The van der Waals surface area contributed by atoms with Gasteiger partial charge in [-0.1, -0.05) is 13.8 Å². The van der Waals surface area contributed by atoms with Gasteiger partial charge in [0.2, 0.25) is 0 Å². The van der Waals surface area contributed by atoms with Gasteiger partial charge in [0.25, 0.3) is 11.8 Å². The Hall–Kier alpha value is -3.69. The average Bonchev–Trinajstić information content (AvgIpc) is 3.67. The van der Waals surface area contributed by atoms with E-state index in [1.807, 2.05) is 24.3 Å². The number of phenolic OH excluding ortho intramolecular Hbond substituents is 1. The zero-order valence-electron chi connectivity index (χ0n) is 22.6. The van der Waals surface area contributed by atoms with Crippen molar-refractivity contribution in [1.29, 1.82) is 0 Å². The summed E-state index contributed by atoms with van der Waals surface area (Å²) in [5.74, 6) is 1.07. The first-order chi connectivity index (χ1) is 19.3. The molecule has 4 aromatic rings. The van der Waals surface area contributed by atoms with Crippen LogP contribution >= 0.6 is 11.6 Å². The summed E-state index contributed by atoms with van der Waals surface area (Å²) in [5.41, 5.74) is 3.58. The Bertz CT molecular complexity index is 1590. The lowest BCUT2D eigenvalue weighted by molar-refractivity contribution is 0.0299. The van der Waals surface area contributed by atoms with Gasteiger partial charge in [0.05, 0.1) is 31.0 Å². The lowest BCUT2D eigenvalue weighted by Crippen LogP contribution is -2.40. The number of carbonyl (C=O) groups is 2. The smallest absolute Gasteiger partial charge is 0.274 e. The molecule has 2 aromatic heterocycles. The molecule has 0 unspecified atom stereocenters. The fourth-order valence-corrected chi connectivity index (χ4v) is 5.84. The maximum atomic E-state index is 13.8. The molecule has 2 amide bonds. The monoisotopic (exact) mass is 564 g/mol. The van der Waals surface area contributed by atoms with E-state index in [9.17, 15) is 14.7 Å². The first-order valence-corrected chi connectivity index (χ1v) is 14.3. The molecule has 2 aliphatic rings. The summed E-state index contributed by atoms with van der Waals surface area (Å²) in [6.45, 7) is 7.35. The Kier molecular flexibility index (Phi) is 7.10. The zero-order valence-corrected chi connectivity index (χ0v) is 23.4. The van der Waals surface area contributed by atoms with Crippen LogP contribution in [0.5, 0.6) is 11.5 Å². The van der Waals surface area contributed by atoms with Crippen molar-refractivity contribution in [3.8, 4) is 11.5 Å². The number of benzene rings is 2. The quantitative estimate of drug-likeness (QED) is 0.266. The van der Waals surface area contributed by atoms with E-state index in [0.29, 0.717) is 79.2 Å². The van der Waals surface area contributed by atoms with Crippen LogP contribution in [-0.4, -0.2) is 77.1 Å². The van der Waals surface area contributed by atoms with E-state index >= 15 is 0 Å². The number of ether oxygens (including phenoxy) is 2. The molecule has 210 valence electrons. The molecule has 0 spiro atoms. The van der Waals surface area contributed by atoms with Crippen molar-refractivity contribution in [2.24, 2.45) is 5.92 Å². The number of hydrogen-bond acceptors (Lipinski definition) is 5. The highest BCUT2D eigenvalue weighted by molar-refractivity contribution is 6.19. The number of anilines is 1. The molecule has 10 heteroatoms. The number of rotatable bonds is 7.